The summed E-state index contributed by atoms with van der Waals surface area (Å²) in [5, 5.41) is 10.6. The molecule has 1 N–H and O–H groups in total. The second kappa shape index (κ2) is 6.15. The first-order valence-electron chi connectivity index (χ1n) is 7.53. The predicted octanol–water partition coefficient (Wildman–Crippen LogP) is 3.00. The largest absolute Gasteiger partial charge is 0.396 e. The monoisotopic (exact) mass is 271 g/mol. The minimum Gasteiger partial charge on any atom is -0.396 e. The van der Waals surface area contributed by atoms with Crippen LogP contribution in [-0.4, -0.2) is 46.7 Å². The lowest BCUT2D eigenvalue weighted by Gasteiger charge is -2.46. The normalized spacial score (nSPS) is 43.0. The molecule has 4 atom stereocenters. The van der Waals surface area contributed by atoms with Gasteiger partial charge in [0, 0.05) is 42.2 Å². The van der Waals surface area contributed by atoms with Gasteiger partial charge in [-0.2, -0.15) is 11.8 Å². The molecule has 0 spiro atoms. The highest BCUT2D eigenvalue weighted by Gasteiger charge is 2.38. The Balaban J connectivity index is 2.00. The molecular formula is C15H29NOS. The molecule has 2 fully saturated rings. The third-order valence-electron chi connectivity index (χ3n) is 5.07. The molecule has 4 unspecified atom stereocenters. The summed E-state index contributed by atoms with van der Waals surface area (Å²) in [4.78, 5) is 2.63. The van der Waals surface area contributed by atoms with E-state index in [-0.39, 0.29) is 5.41 Å². The zero-order chi connectivity index (χ0) is 13.2. The van der Waals surface area contributed by atoms with Gasteiger partial charge in [-0.15, -0.1) is 0 Å². The van der Waals surface area contributed by atoms with E-state index in [1.54, 1.807) is 0 Å². The Hall–Kier alpha value is 0.270. The summed E-state index contributed by atoms with van der Waals surface area (Å²) in [6.45, 7) is 9.74. The van der Waals surface area contributed by atoms with Gasteiger partial charge in [0.2, 0.25) is 0 Å². The van der Waals surface area contributed by atoms with Gasteiger partial charge in [-0.05, 0) is 25.7 Å². The summed E-state index contributed by atoms with van der Waals surface area (Å²) < 4.78 is 0. The summed E-state index contributed by atoms with van der Waals surface area (Å²) in [6.07, 6.45) is 5.09. The second-order valence-electron chi connectivity index (χ2n) is 6.65. The Bertz CT molecular complexity index is 273. The van der Waals surface area contributed by atoms with E-state index >= 15 is 0 Å². The zero-order valence-corrected chi connectivity index (χ0v) is 13.0. The van der Waals surface area contributed by atoms with Crippen molar-refractivity contribution in [2.75, 3.05) is 25.4 Å². The molecule has 3 heteroatoms. The van der Waals surface area contributed by atoms with E-state index in [4.69, 9.17) is 0 Å². The highest BCUT2D eigenvalue weighted by Crippen LogP contribution is 2.40. The van der Waals surface area contributed by atoms with Crippen LogP contribution in [0, 0.1) is 11.3 Å². The quantitative estimate of drug-likeness (QED) is 0.853. The summed E-state index contributed by atoms with van der Waals surface area (Å²) in [6, 6.07) is 0.657. The van der Waals surface area contributed by atoms with Crippen molar-refractivity contribution in [3.05, 3.63) is 0 Å². The number of nitrogens with zero attached hydrogens (tertiary/aromatic N) is 1. The van der Waals surface area contributed by atoms with Crippen molar-refractivity contribution in [1.82, 2.24) is 4.90 Å². The second-order valence-corrected chi connectivity index (χ2v) is 8.13. The van der Waals surface area contributed by atoms with Crippen LogP contribution in [0.4, 0.5) is 0 Å². The van der Waals surface area contributed by atoms with Crippen LogP contribution >= 0.6 is 11.8 Å². The number of thioether (sulfide) groups is 1. The van der Waals surface area contributed by atoms with E-state index in [9.17, 15) is 5.11 Å². The van der Waals surface area contributed by atoms with Gasteiger partial charge in [-0.3, -0.25) is 4.90 Å². The molecule has 0 amide bonds. The predicted molar refractivity (Wildman–Crippen MR) is 80.1 cm³/mol. The molecule has 0 radical (unpaired) electrons. The lowest BCUT2D eigenvalue weighted by Crippen LogP contribution is -2.51. The number of hydrogen-bond donors (Lipinski definition) is 1. The molecule has 18 heavy (non-hydrogen) atoms. The molecule has 0 bridgehead atoms. The molecule has 106 valence electrons. The number of rotatable bonds is 3. The van der Waals surface area contributed by atoms with Crippen molar-refractivity contribution in [2.24, 2.45) is 11.3 Å². The first-order chi connectivity index (χ1) is 8.56. The molecule has 0 aromatic rings. The average molecular weight is 271 g/mol. The fourth-order valence-corrected chi connectivity index (χ4v) is 4.92. The molecule has 1 aliphatic carbocycles. The van der Waals surface area contributed by atoms with Crippen LogP contribution in [0.1, 0.15) is 46.5 Å². The van der Waals surface area contributed by atoms with Gasteiger partial charge in [0.05, 0.1) is 0 Å². The van der Waals surface area contributed by atoms with Crippen LogP contribution in [-0.2, 0) is 0 Å². The topological polar surface area (TPSA) is 23.5 Å². The minimum atomic E-state index is 0.188. The number of aliphatic hydroxyl groups is 1. The van der Waals surface area contributed by atoms with Gasteiger partial charge in [-0.1, -0.05) is 26.7 Å². The van der Waals surface area contributed by atoms with Crippen molar-refractivity contribution in [1.29, 1.82) is 0 Å². The Morgan fingerprint density at radius 1 is 1.33 bits per heavy atom. The van der Waals surface area contributed by atoms with E-state index in [0.717, 1.165) is 17.7 Å². The van der Waals surface area contributed by atoms with E-state index in [1.165, 1.54) is 38.0 Å². The smallest absolute Gasteiger partial charge is 0.0499 e. The summed E-state index contributed by atoms with van der Waals surface area (Å²) >= 11 is 2.09. The average Bonchev–Trinajstić information content (AvgIpc) is 2.35. The van der Waals surface area contributed by atoms with Gasteiger partial charge in [-0.25, -0.2) is 0 Å². The van der Waals surface area contributed by atoms with Crippen LogP contribution in [0.2, 0.25) is 0 Å². The van der Waals surface area contributed by atoms with Crippen LogP contribution in [0.3, 0.4) is 0 Å². The van der Waals surface area contributed by atoms with Crippen LogP contribution in [0.15, 0.2) is 0 Å². The molecule has 1 aliphatic heterocycles. The van der Waals surface area contributed by atoms with Crippen LogP contribution in [0.25, 0.3) is 0 Å². The minimum absolute atomic E-state index is 0.188. The van der Waals surface area contributed by atoms with Gasteiger partial charge >= 0.3 is 0 Å². The Labute approximate surface area is 117 Å². The fraction of sp³-hybridized carbons (Fsp3) is 1.00. The molecule has 1 heterocycles. The maximum absolute atomic E-state index is 9.91. The standard InChI is InChI=1S/C15H29NOS/c1-12-5-4-6-15(9-12,11-17)10-16-7-8-18-14(3)13(16)2/h12-14,17H,4-11H2,1-3H3. The number of aliphatic hydroxyl groups excluding tert-OH is 1. The molecule has 0 aromatic carbocycles. The van der Waals surface area contributed by atoms with Gasteiger partial charge in [0.1, 0.15) is 0 Å². The molecular weight excluding hydrogens is 242 g/mol. The molecule has 1 saturated heterocycles. The van der Waals surface area contributed by atoms with Gasteiger partial charge < -0.3 is 5.11 Å². The summed E-state index contributed by atoms with van der Waals surface area (Å²) in [5.74, 6) is 2.04. The molecule has 2 rings (SSSR count). The Morgan fingerprint density at radius 3 is 2.78 bits per heavy atom. The maximum atomic E-state index is 9.91. The first kappa shape index (κ1) is 14.7. The fourth-order valence-electron chi connectivity index (χ4n) is 3.76. The molecule has 2 aliphatic rings. The SMILES string of the molecule is CC1CCCC(CO)(CN2CCSC(C)C2C)C1. The maximum Gasteiger partial charge on any atom is 0.0499 e. The van der Waals surface area contributed by atoms with Gasteiger partial charge in [0.15, 0.2) is 0 Å². The summed E-state index contributed by atoms with van der Waals surface area (Å²) in [5.41, 5.74) is 0.188. The zero-order valence-electron chi connectivity index (χ0n) is 12.2. The molecule has 1 saturated carbocycles. The third kappa shape index (κ3) is 3.23. The first-order valence-corrected chi connectivity index (χ1v) is 8.58. The molecule has 0 aromatic heterocycles. The van der Waals surface area contributed by atoms with Gasteiger partial charge in [0.25, 0.3) is 0 Å². The summed E-state index contributed by atoms with van der Waals surface area (Å²) in [7, 11) is 0. The Morgan fingerprint density at radius 2 is 2.11 bits per heavy atom. The van der Waals surface area contributed by atoms with E-state index in [0.29, 0.717) is 12.6 Å². The molecule has 2 nitrogen and oxygen atoms in total. The highest BCUT2D eigenvalue weighted by molar-refractivity contribution is 8.00. The van der Waals surface area contributed by atoms with Crippen LogP contribution in [0.5, 0.6) is 0 Å². The Kier molecular flexibility index (Phi) is 5.01. The van der Waals surface area contributed by atoms with E-state index in [2.05, 4.69) is 37.4 Å². The third-order valence-corrected chi connectivity index (χ3v) is 6.41. The lowest BCUT2D eigenvalue weighted by atomic mass is 9.70. The van der Waals surface area contributed by atoms with Crippen molar-refractivity contribution in [3.63, 3.8) is 0 Å². The van der Waals surface area contributed by atoms with E-state index < -0.39 is 0 Å². The van der Waals surface area contributed by atoms with Crippen LogP contribution < -0.4 is 0 Å². The van der Waals surface area contributed by atoms with Crippen molar-refractivity contribution in [2.45, 2.75) is 57.7 Å². The highest BCUT2D eigenvalue weighted by atomic mass is 32.2. The number of hydrogen-bond acceptors (Lipinski definition) is 3. The van der Waals surface area contributed by atoms with Crippen molar-refractivity contribution in [3.8, 4) is 0 Å². The van der Waals surface area contributed by atoms with Crippen molar-refractivity contribution < 1.29 is 5.11 Å². The van der Waals surface area contributed by atoms with Crippen molar-refractivity contribution >= 4 is 11.8 Å². The van der Waals surface area contributed by atoms with E-state index in [1.807, 2.05) is 0 Å². The lowest BCUT2D eigenvalue weighted by molar-refractivity contribution is 0.0138.